The molecule has 0 spiro atoms. The molecule has 0 aromatic heterocycles. The van der Waals surface area contributed by atoms with Crippen molar-refractivity contribution >= 4 is 35.9 Å². The van der Waals surface area contributed by atoms with E-state index in [2.05, 4.69) is 71.2 Å². The van der Waals surface area contributed by atoms with E-state index in [1.807, 2.05) is 0 Å². The molecule has 2 fully saturated rings. The number of nitrogens with zero attached hydrogens (tertiary/aromatic N) is 4. The number of carbonyl (C=O) groups excluding carboxylic acids is 1. The monoisotopic (exact) mass is 557 g/mol. The molecule has 7 nitrogen and oxygen atoms in total. The molecule has 3 rings (SSSR count). The molecule has 180 valence electrons. The first-order valence-electron chi connectivity index (χ1n) is 11.6. The highest BCUT2D eigenvalue weighted by molar-refractivity contribution is 14.0. The molecule has 2 heterocycles. The Morgan fingerprint density at radius 3 is 2.62 bits per heavy atom. The van der Waals surface area contributed by atoms with Gasteiger partial charge in [0, 0.05) is 58.4 Å². The number of piperazine rings is 1. The number of rotatable bonds is 7. The smallest absolute Gasteiger partial charge is 0.310 e. The Hall–Kier alpha value is -1.39. The summed E-state index contributed by atoms with van der Waals surface area (Å²) in [7, 11) is 3.68. The summed E-state index contributed by atoms with van der Waals surface area (Å²) >= 11 is 0. The van der Waals surface area contributed by atoms with Crippen LogP contribution in [0.3, 0.4) is 0 Å². The first-order valence-corrected chi connectivity index (χ1v) is 11.6. The van der Waals surface area contributed by atoms with Gasteiger partial charge in [0.25, 0.3) is 0 Å². The van der Waals surface area contributed by atoms with Crippen molar-refractivity contribution in [2.45, 2.75) is 26.3 Å². The van der Waals surface area contributed by atoms with E-state index in [1.165, 1.54) is 12.7 Å². The zero-order valence-electron chi connectivity index (χ0n) is 20.0. The third-order valence-corrected chi connectivity index (χ3v) is 6.49. The summed E-state index contributed by atoms with van der Waals surface area (Å²) in [5, 5.41) is 3.41. The number of likely N-dealkylation sites (N-methyl/N-ethyl adjacent to an activating group) is 1. The highest BCUT2D eigenvalue weighted by Gasteiger charge is 2.36. The van der Waals surface area contributed by atoms with Crippen molar-refractivity contribution in [1.82, 2.24) is 20.0 Å². The predicted molar refractivity (Wildman–Crippen MR) is 141 cm³/mol. The molecular weight excluding hydrogens is 517 g/mol. The van der Waals surface area contributed by atoms with Crippen molar-refractivity contribution in [1.29, 1.82) is 0 Å². The van der Waals surface area contributed by atoms with Crippen LogP contribution in [0, 0.1) is 11.8 Å². The molecule has 32 heavy (non-hydrogen) atoms. The molecule has 1 N–H and O–H groups in total. The molecule has 2 saturated heterocycles. The number of benzene rings is 1. The van der Waals surface area contributed by atoms with Crippen molar-refractivity contribution in [2.24, 2.45) is 16.8 Å². The van der Waals surface area contributed by atoms with Crippen LogP contribution in [0.4, 0.5) is 0 Å². The lowest BCUT2D eigenvalue weighted by Crippen LogP contribution is -2.47. The number of likely N-dealkylation sites (tertiary alicyclic amines) is 1. The fourth-order valence-corrected chi connectivity index (χ4v) is 4.70. The molecule has 0 radical (unpaired) electrons. The first-order chi connectivity index (χ1) is 15.0. The minimum Gasteiger partial charge on any atom is -0.469 e. The number of nitrogens with one attached hydrogen (secondary N) is 1. The number of ether oxygens (including phenoxy) is 1. The van der Waals surface area contributed by atoms with Gasteiger partial charge in [0.15, 0.2) is 5.96 Å². The lowest BCUT2D eigenvalue weighted by molar-refractivity contribution is -0.145. The third kappa shape index (κ3) is 7.05. The number of guanidine groups is 1. The van der Waals surface area contributed by atoms with Gasteiger partial charge < -0.3 is 19.9 Å². The Morgan fingerprint density at radius 2 is 1.94 bits per heavy atom. The maximum absolute atomic E-state index is 12.0. The summed E-state index contributed by atoms with van der Waals surface area (Å²) < 4.78 is 4.98. The van der Waals surface area contributed by atoms with Gasteiger partial charge in [0.2, 0.25) is 0 Å². The van der Waals surface area contributed by atoms with Gasteiger partial charge in [-0.05, 0) is 31.9 Å². The Balaban J connectivity index is 0.00000363. The number of halogens is 1. The van der Waals surface area contributed by atoms with Crippen molar-refractivity contribution in [2.75, 3.05) is 66.5 Å². The average Bonchev–Trinajstić information content (AvgIpc) is 3.18. The minimum absolute atomic E-state index is 0. The quantitative estimate of drug-likeness (QED) is 0.183. The SMILES string of the molecule is CCNC(=NCCCN1CCN(C)CC1c1ccccc1)N1CC(C)C(C(=O)OC)C1.I. The summed E-state index contributed by atoms with van der Waals surface area (Å²) in [5.41, 5.74) is 1.39. The molecular formula is C24H40IN5O2. The number of hydrogen-bond donors (Lipinski definition) is 1. The second-order valence-corrected chi connectivity index (χ2v) is 8.83. The summed E-state index contributed by atoms with van der Waals surface area (Å²) in [5.74, 6) is 0.991. The second-order valence-electron chi connectivity index (χ2n) is 8.83. The van der Waals surface area contributed by atoms with Crippen LogP contribution in [0.1, 0.15) is 31.9 Å². The predicted octanol–water partition coefficient (Wildman–Crippen LogP) is 2.69. The van der Waals surface area contributed by atoms with Gasteiger partial charge in [-0.25, -0.2) is 0 Å². The molecule has 0 aliphatic carbocycles. The molecule has 0 bridgehead atoms. The standard InChI is InChI=1S/C24H39N5O2.HI/c1-5-25-24(29-16-19(2)21(17-29)23(30)31-4)26-12-9-13-28-15-14-27(3)18-22(28)20-10-7-6-8-11-20;/h6-8,10-11,19,21-22H,5,9,12-18H2,1-4H3,(H,25,26);1H. The van der Waals surface area contributed by atoms with E-state index in [0.717, 1.165) is 58.2 Å². The molecule has 2 aliphatic heterocycles. The van der Waals surface area contributed by atoms with Gasteiger partial charge in [-0.1, -0.05) is 37.3 Å². The van der Waals surface area contributed by atoms with Crippen molar-refractivity contribution in [3.8, 4) is 0 Å². The number of carbonyl (C=O) groups is 1. The van der Waals surface area contributed by atoms with Crippen LogP contribution in [0.25, 0.3) is 0 Å². The van der Waals surface area contributed by atoms with Gasteiger partial charge in [-0.15, -0.1) is 24.0 Å². The molecule has 2 aliphatic rings. The Kier molecular flexibility index (Phi) is 11.2. The lowest BCUT2D eigenvalue weighted by atomic mass is 9.99. The minimum atomic E-state index is -0.118. The van der Waals surface area contributed by atoms with Crippen molar-refractivity contribution in [3.63, 3.8) is 0 Å². The Labute approximate surface area is 210 Å². The summed E-state index contributed by atoms with van der Waals surface area (Å²) in [6.45, 7) is 11.6. The Bertz CT molecular complexity index is 732. The maximum Gasteiger partial charge on any atom is 0.310 e. The number of methoxy groups -OCH3 is 1. The van der Waals surface area contributed by atoms with Crippen LogP contribution < -0.4 is 5.32 Å². The van der Waals surface area contributed by atoms with Crippen LogP contribution in [0.15, 0.2) is 35.3 Å². The van der Waals surface area contributed by atoms with Crippen LogP contribution in [0.2, 0.25) is 0 Å². The van der Waals surface area contributed by atoms with E-state index >= 15 is 0 Å². The van der Waals surface area contributed by atoms with Crippen molar-refractivity contribution in [3.05, 3.63) is 35.9 Å². The van der Waals surface area contributed by atoms with E-state index in [1.54, 1.807) is 0 Å². The maximum atomic E-state index is 12.0. The zero-order chi connectivity index (χ0) is 22.2. The number of esters is 1. The van der Waals surface area contributed by atoms with Crippen LogP contribution in [-0.2, 0) is 9.53 Å². The van der Waals surface area contributed by atoms with Crippen LogP contribution >= 0.6 is 24.0 Å². The van der Waals surface area contributed by atoms with Gasteiger partial charge >= 0.3 is 5.97 Å². The molecule has 1 aromatic rings. The molecule has 8 heteroatoms. The third-order valence-electron chi connectivity index (χ3n) is 6.49. The van der Waals surface area contributed by atoms with Gasteiger partial charge in [-0.3, -0.25) is 14.7 Å². The van der Waals surface area contributed by atoms with Crippen molar-refractivity contribution < 1.29 is 9.53 Å². The van der Waals surface area contributed by atoms with Gasteiger partial charge in [-0.2, -0.15) is 0 Å². The van der Waals surface area contributed by atoms with Crippen LogP contribution in [0.5, 0.6) is 0 Å². The zero-order valence-corrected chi connectivity index (χ0v) is 22.3. The summed E-state index contributed by atoms with van der Waals surface area (Å²) in [6.07, 6.45) is 1.02. The topological polar surface area (TPSA) is 60.4 Å². The van der Waals surface area contributed by atoms with Gasteiger partial charge in [0.1, 0.15) is 0 Å². The molecule has 1 aromatic carbocycles. The summed E-state index contributed by atoms with van der Waals surface area (Å²) in [4.78, 5) is 24.2. The summed E-state index contributed by atoms with van der Waals surface area (Å²) in [6, 6.07) is 11.3. The lowest BCUT2D eigenvalue weighted by Gasteiger charge is -2.40. The van der Waals surface area contributed by atoms with Crippen LogP contribution in [-0.4, -0.2) is 93.1 Å². The molecule has 3 unspecified atom stereocenters. The highest BCUT2D eigenvalue weighted by Crippen LogP contribution is 2.25. The van der Waals surface area contributed by atoms with E-state index < -0.39 is 0 Å². The molecule has 0 amide bonds. The normalized spacial score (nSPS) is 24.8. The van der Waals surface area contributed by atoms with E-state index in [9.17, 15) is 4.79 Å². The fourth-order valence-electron chi connectivity index (χ4n) is 4.70. The largest absolute Gasteiger partial charge is 0.469 e. The van der Waals surface area contributed by atoms with E-state index in [4.69, 9.17) is 9.73 Å². The number of aliphatic imine (C=N–C) groups is 1. The Morgan fingerprint density at radius 1 is 1.19 bits per heavy atom. The average molecular weight is 558 g/mol. The fraction of sp³-hybridized carbons (Fsp3) is 0.667. The molecule has 0 saturated carbocycles. The number of hydrogen-bond acceptors (Lipinski definition) is 5. The van der Waals surface area contributed by atoms with E-state index in [-0.39, 0.29) is 41.8 Å². The second kappa shape index (κ2) is 13.3. The van der Waals surface area contributed by atoms with E-state index in [0.29, 0.717) is 12.6 Å². The van der Waals surface area contributed by atoms with Gasteiger partial charge in [0.05, 0.1) is 13.0 Å². The first kappa shape index (κ1) is 26.9. The highest BCUT2D eigenvalue weighted by atomic mass is 127. The molecule has 3 atom stereocenters.